The Bertz CT molecular complexity index is 852. The van der Waals surface area contributed by atoms with Gasteiger partial charge < -0.3 is 4.74 Å². The molecule has 3 aromatic rings. The zero-order valence-electron chi connectivity index (χ0n) is 11.8. The van der Waals surface area contributed by atoms with Gasteiger partial charge in [0.15, 0.2) is 0 Å². The molecule has 0 unspecified atom stereocenters. The van der Waals surface area contributed by atoms with Gasteiger partial charge in [0.05, 0.1) is 5.69 Å². The third-order valence-electron chi connectivity index (χ3n) is 2.88. The van der Waals surface area contributed by atoms with E-state index in [1.54, 1.807) is 17.5 Å². The topological polar surface area (TPSA) is 73.6 Å². The van der Waals surface area contributed by atoms with Gasteiger partial charge in [-0.25, -0.2) is 9.78 Å². The Kier molecular flexibility index (Phi) is 4.30. The number of rotatable bonds is 5. The van der Waals surface area contributed by atoms with Crippen molar-refractivity contribution in [3.05, 3.63) is 49.5 Å². The van der Waals surface area contributed by atoms with Gasteiger partial charge >= 0.3 is 5.97 Å². The molecule has 6 nitrogen and oxygen atoms in total. The standard InChI is InChI=1S/C14H13N3O3S2/c1-2-4-11-16-17-12(18)7-9(15-14(17)22-11)8-20-13(19)10-5-3-6-21-10/h3,5-7H,2,4,8H2,1H3. The molecule has 0 bridgehead atoms. The molecule has 0 aliphatic heterocycles. The molecule has 0 aliphatic rings. The van der Waals surface area contributed by atoms with Crippen LogP contribution in [0.25, 0.3) is 4.96 Å². The zero-order chi connectivity index (χ0) is 15.5. The molecule has 0 saturated heterocycles. The van der Waals surface area contributed by atoms with E-state index in [-0.39, 0.29) is 12.2 Å². The van der Waals surface area contributed by atoms with E-state index in [4.69, 9.17) is 4.74 Å². The Morgan fingerprint density at radius 3 is 3.05 bits per heavy atom. The number of ether oxygens (including phenoxy) is 1. The third kappa shape index (κ3) is 3.07. The van der Waals surface area contributed by atoms with Crippen LogP contribution in [0.5, 0.6) is 0 Å². The molecule has 3 rings (SSSR count). The smallest absolute Gasteiger partial charge is 0.348 e. The summed E-state index contributed by atoms with van der Waals surface area (Å²) >= 11 is 2.70. The van der Waals surface area contributed by atoms with E-state index in [0.717, 1.165) is 17.8 Å². The molecular weight excluding hydrogens is 322 g/mol. The fraction of sp³-hybridized carbons (Fsp3) is 0.286. The van der Waals surface area contributed by atoms with E-state index in [0.29, 0.717) is 15.5 Å². The van der Waals surface area contributed by atoms with E-state index in [1.807, 2.05) is 0 Å². The molecule has 0 saturated carbocycles. The molecular formula is C14H13N3O3S2. The molecule has 114 valence electrons. The summed E-state index contributed by atoms with van der Waals surface area (Å²) in [5.74, 6) is -0.409. The fourth-order valence-corrected chi connectivity index (χ4v) is 3.53. The van der Waals surface area contributed by atoms with Gasteiger partial charge in [0.25, 0.3) is 5.56 Å². The number of nitrogens with zero attached hydrogens (tertiary/aromatic N) is 3. The number of aromatic nitrogens is 3. The molecule has 0 aliphatic carbocycles. The van der Waals surface area contributed by atoms with E-state index < -0.39 is 5.97 Å². The highest BCUT2D eigenvalue weighted by Crippen LogP contribution is 2.14. The number of thiophene rings is 1. The second kappa shape index (κ2) is 6.37. The van der Waals surface area contributed by atoms with E-state index >= 15 is 0 Å². The molecule has 0 spiro atoms. The van der Waals surface area contributed by atoms with Crippen molar-refractivity contribution in [3.63, 3.8) is 0 Å². The Balaban J connectivity index is 1.79. The van der Waals surface area contributed by atoms with Crippen LogP contribution in [0.4, 0.5) is 0 Å². The summed E-state index contributed by atoms with van der Waals surface area (Å²) in [6.07, 6.45) is 1.77. The lowest BCUT2D eigenvalue weighted by atomic mass is 10.4. The monoisotopic (exact) mass is 335 g/mol. The first-order valence-corrected chi connectivity index (χ1v) is 8.46. The average molecular weight is 335 g/mol. The first-order valence-electron chi connectivity index (χ1n) is 6.76. The van der Waals surface area contributed by atoms with Gasteiger partial charge in [-0.3, -0.25) is 4.79 Å². The highest BCUT2D eigenvalue weighted by Gasteiger charge is 2.12. The highest BCUT2D eigenvalue weighted by molar-refractivity contribution is 7.16. The summed E-state index contributed by atoms with van der Waals surface area (Å²) in [5, 5.41) is 6.91. The van der Waals surface area contributed by atoms with Crippen LogP contribution in [0.3, 0.4) is 0 Å². The molecule has 0 aromatic carbocycles. The van der Waals surface area contributed by atoms with E-state index in [1.165, 1.54) is 33.3 Å². The summed E-state index contributed by atoms with van der Waals surface area (Å²) in [7, 11) is 0. The molecule has 0 atom stereocenters. The van der Waals surface area contributed by atoms with Crippen LogP contribution in [0.2, 0.25) is 0 Å². The summed E-state index contributed by atoms with van der Waals surface area (Å²) in [6, 6.07) is 4.83. The number of aryl methyl sites for hydroxylation is 1. The van der Waals surface area contributed by atoms with Crippen molar-refractivity contribution in [2.24, 2.45) is 0 Å². The predicted molar refractivity (Wildman–Crippen MR) is 84.6 cm³/mol. The van der Waals surface area contributed by atoms with Crippen molar-refractivity contribution in [3.8, 4) is 0 Å². The summed E-state index contributed by atoms with van der Waals surface area (Å²) < 4.78 is 6.47. The van der Waals surface area contributed by atoms with Crippen molar-refractivity contribution < 1.29 is 9.53 Å². The van der Waals surface area contributed by atoms with Gasteiger partial charge in [-0.1, -0.05) is 24.3 Å². The largest absolute Gasteiger partial charge is 0.455 e. The first kappa shape index (κ1) is 14.9. The van der Waals surface area contributed by atoms with Crippen molar-refractivity contribution in [2.45, 2.75) is 26.4 Å². The van der Waals surface area contributed by atoms with Crippen molar-refractivity contribution in [1.29, 1.82) is 0 Å². The second-order valence-corrected chi connectivity index (χ2v) is 6.57. The Morgan fingerprint density at radius 2 is 2.32 bits per heavy atom. The fourth-order valence-electron chi connectivity index (χ4n) is 1.89. The maximum Gasteiger partial charge on any atom is 0.348 e. The second-order valence-electron chi connectivity index (χ2n) is 4.58. The number of esters is 1. The SMILES string of the molecule is CCCc1nn2c(=O)cc(COC(=O)c3cccs3)nc2s1. The van der Waals surface area contributed by atoms with Gasteiger partial charge in [0.1, 0.15) is 16.5 Å². The van der Waals surface area contributed by atoms with Crippen molar-refractivity contribution in [1.82, 2.24) is 14.6 Å². The van der Waals surface area contributed by atoms with Gasteiger partial charge in [0, 0.05) is 12.5 Å². The van der Waals surface area contributed by atoms with E-state index in [9.17, 15) is 9.59 Å². The Hall–Kier alpha value is -2.06. The maximum absolute atomic E-state index is 12.0. The molecule has 22 heavy (non-hydrogen) atoms. The zero-order valence-corrected chi connectivity index (χ0v) is 13.4. The number of carbonyl (C=O) groups is 1. The third-order valence-corrected chi connectivity index (χ3v) is 4.70. The highest BCUT2D eigenvalue weighted by atomic mass is 32.1. The summed E-state index contributed by atoms with van der Waals surface area (Å²) in [6.45, 7) is 2.03. The average Bonchev–Trinajstić information content (AvgIpc) is 3.14. The van der Waals surface area contributed by atoms with Crippen LogP contribution < -0.4 is 5.56 Å². The summed E-state index contributed by atoms with van der Waals surface area (Å²) in [4.78, 5) is 29.2. The van der Waals surface area contributed by atoms with Gasteiger partial charge in [-0.05, 0) is 17.9 Å². The maximum atomic E-state index is 12.0. The van der Waals surface area contributed by atoms with Crippen LogP contribution in [-0.2, 0) is 17.8 Å². The lowest BCUT2D eigenvalue weighted by Crippen LogP contribution is -2.16. The van der Waals surface area contributed by atoms with Crippen LogP contribution in [0.1, 0.15) is 33.7 Å². The van der Waals surface area contributed by atoms with Gasteiger partial charge in [-0.2, -0.15) is 9.61 Å². The van der Waals surface area contributed by atoms with Crippen LogP contribution >= 0.6 is 22.7 Å². The lowest BCUT2D eigenvalue weighted by molar-refractivity contribution is 0.0473. The normalized spacial score (nSPS) is 11.0. The van der Waals surface area contributed by atoms with Crippen LogP contribution in [0.15, 0.2) is 28.4 Å². The Labute approximate surface area is 134 Å². The molecule has 0 fully saturated rings. The molecule has 3 aromatic heterocycles. The minimum absolute atomic E-state index is 0.0243. The predicted octanol–water partition coefficient (Wildman–Crippen LogP) is 2.52. The minimum atomic E-state index is -0.409. The number of hydrogen-bond donors (Lipinski definition) is 0. The van der Waals surface area contributed by atoms with Crippen molar-refractivity contribution >= 4 is 33.6 Å². The van der Waals surface area contributed by atoms with Crippen molar-refractivity contribution in [2.75, 3.05) is 0 Å². The number of carbonyl (C=O) groups excluding carboxylic acids is 1. The minimum Gasteiger partial charge on any atom is -0.455 e. The molecule has 3 heterocycles. The first-order chi connectivity index (χ1) is 10.7. The lowest BCUT2D eigenvalue weighted by Gasteiger charge is -2.02. The number of fused-ring (bicyclic) bond motifs is 1. The number of hydrogen-bond acceptors (Lipinski definition) is 7. The quantitative estimate of drug-likeness (QED) is 0.670. The molecule has 0 amide bonds. The van der Waals surface area contributed by atoms with Gasteiger partial charge in [0.2, 0.25) is 4.96 Å². The van der Waals surface area contributed by atoms with E-state index in [2.05, 4.69) is 17.0 Å². The Morgan fingerprint density at radius 1 is 1.45 bits per heavy atom. The molecule has 0 N–H and O–H groups in total. The molecule has 8 heteroatoms. The molecule has 0 radical (unpaired) electrons. The summed E-state index contributed by atoms with van der Waals surface area (Å²) in [5.41, 5.74) is 0.174. The van der Waals surface area contributed by atoms with Crippen LogP contribution in [-0.4, -0.2) is 20.6 Å². The van der Waals surface area contributed by atoms with Crippen LogP contribution in [0, 0.1) is 0 Å². The van der Waals surface area contributed by atoms with Gasteiger partial charge in [-0.15, -0.1) is 11.3 Å².